The molecule has 1 atom stereocenters. The zero-order valence-corrected chi connectivity index (χ0v) is 9.64. The molecule has 1 rings (SSSR count). The Kier molecular flexibility index (Phi) is 4.34. The Labute approximate surface area is 104 Å². The van der Waals surface area contributed by atoms with Gasteiger partial charge in [-0.3, -0.25) is 0 Å². The molecule has 2 nitrogen and oxygen atoms in total. The zero-order chi connectivity index (χ0) is 14.8. The average molecular weight is 288 g/mol. The summed E-state index contributed by atoms with van der Waals surface area (Å²) in [6, 6.07) is 2.28. The maximum absolute atomic E-state index is 12.6. The molecule has 0 saturated heterocycles. The molecule has 0 aliphatic rings. The van der Waals surface area contributed by atoms with Gasteiger partial charge in [0.25, 0.3) is 0 Å². The number of benzene rings is 1. The third kappa shape index (κ3) is 4.02. The molecular formula is C11H10F6O2. The van der Waals surface area contributed by atoms with E-state index in [4.69, 9.17) is 5.11 Å². The van der Waals surface area contributed by atoms with Gasteiger partial charge in [0.2, 0.25) is 0 Å². The fourth-order valence-electron chi connectivity index (χ4n) is 1.25. The minimum Gasteiger partial charge on any atom is -0.481 e. The van der Waals surface area contributed by atoms with E-state index in [1.54, 1.807) is 0 Å². The highest BCUT2D eigenvalue weighted by Crippen LogP contribution is 2.38. The van der Waals surface area contributed by atoms with E-state index >= 15 is 0 Å². The molecule has 108 valence electrons. The third-order valence-electron chi connectivity index (χ3n) is 2.30. The smallest absolute Gasteiger partial charge is 0.425 e. The van der Waals surface area contributed by atoms with Crippen LogP contribution in [0.15, 0.2) is 18.2 Å². The molecule has 0 fully saturated rings. The molecule has 0 amide bonds. The molecule has 19 heavy (non-hydrogen) atoms. The number of hydrogen-bond donors (Lipinski definition) is 1. The second kappa shape index (κ2) is 5.28. The van der Waals surface area contributed by atoms with Gasteiger partial charge in [0.15, 0.2) is 6.10 Å². The molecule has 0 radical (unpaired) electrons. The van der Waals surface area contributed by atoms with Crippen molar-refractivity contribution in [2.45, 2.75) is 32.0 Å². The monoisotopic (exact) mass is 288 g/mol. The standard InChI is InChI=1S/C11H10F6O2/c1-6(10(12,13)14)19-9-4-7(5-18)2-3-8(9)11(15,16)17/h2-4,6,18H,5H2,1H3/t6-/m0/s1. The minimum atomic E-state index is -4.84. The molecule has 0 saturated carbocycles. The Balaban J connectivity index is 3.16. The van der Waals surface area contributed by atoms with E-state index in [0.29, 0.717) is 13.0 Å². The summed E-state index contributed by atoms with van der Waals surface area (Å²) >= 11 is 0. The SMILES string of the molecule is C[C@H](Oc1cc(CO)ccc1C(F)(F)F)C(F)(F)F. The largest absolute Gasteiger partial charge is 0.481 e. The van der Waals surface area contributed by atoms with Crippen LogP contribution in [-0.4, -0.2) is 17.4 Å². The number of ether oxygens (including phenoxy) is 1. The van der Waals surface area contributed by atoms with Crippen molar-refractivity contribution in [2.75, 3.05) is 0 Å². The van der Waals surface area contributed by atoms with Gasteiger partial charge in [0, 0.05) is 0 Å². The second-order valence-corrected chi connectivity index (χ2v) is 3.79. The second-order valence-electron chi connectivity index (χ2n) is 3.79. The summed E-state index contributed by atoms with van der Waals surface area (Å²) < 4.78 is 79.0. The van der Waals surface area contributed by atoms with Crippen LogP contribution < -0.4 is 4.74 Å². The van der Waals surface area contributed by atoms with Gasteiger partial charge in [-0.25, -0.2) is 0 Å². The van der Waals surface area contributed by atoms with Crippen molar-refractivity contribution in [1.29, 1.82) is 0 Å². The van der Waals surface area contributed by atoms with Crippen molar-refractivity contribution in [3.05, 3.63) is 29.3 Å². The van der Waals surface area contributed by atoms with E-state index in [9.17, 15) is 26.3 Å². The van der Waals surface area contributed by atoms with Crippen molar-refractivity contribution in [3.8, 4) is 5.75 Å². The summed E-state index contributed by atoms with van der Waals surface area (Å²) in [4.78, 5) is 0. The number of aliphatic hydroxyl groups is 1. The molecule has 1 aromatic carbocycles. The molecule has 1 aromatic rings. The van der Waals surface area contributed by atoms with Gasteiger partial charge in [0.05, 0.1) is 12.2 Å². The highest BCUT2D eigenvalue weighted by Gasteiger charge is 2.41. The first-order valence-electron chi connectivity index (χ1n) is 5.10. The van der Waals surface area contributed by atoms with E-state index in [-0.39, 0.29) is 5.56 Å². The van der Waals surface area contributed by atoms with Crippen molar-refractivity contribution < 1.29 is 36.2 Å². The number of rotatable bonds is 3. The van der Waals surface area contributed by atoms with Crippen LogP contribution >= 0.6 is 0 Å². The predicted molar refractivity (Wildman–Crippen MR) is 53.5 cm³/mol. The van der Waals surface area contributed by atoms with Crippen LogP contribution in [0.4, 0.5) is 26.3 Å². The molecule has 0 aliphatic carbocycles. The lowest BCUT2D eigenvalue weighted by molar-refractivity contribution is -0.191. The number of aliphatic hydroxyl groups excluding tert-OH is 1. The fraction of sp³-hybridized carbons (Fsp3) is 0.455. The fourth-order valence-corrected chi connectivity index (χ4v) is 1.25. The van der Waals surface area contributed by atoms with Crippen molar-refractivity contribution >= 4 is 0 Å². The maximum atomic E-state index is 12.6. The zero-order valence-electron chi connectivity index (χ0n) is 9.64. The van der Waals surface area contributed by atoms with Crippen LogP contribution in [0.25, 0.3) is 0 Å². The lowest BCUT2D eigenvalue weighted by atomic mass is 10.1. The number of hydrogen-bond acceptors (Lipinski definition) is 2. The molecule has 0 spiro atoms. The van der Waals surface area contributed by atoms with Gasteiger partial charge >= 0.3 is 12.4 Å². The van der Waals surface area contributed by atoms with Crippen LogP contribution in [0, 0.1) is 0 Å². The Morgan fingerprint density at radius 3 is 2.16 bits per heavy atom. The lowest BCUT2D eigenvalue weighted by Gasteiger charge is -2.21. The summed E-state index contributed by atoms with van der Waals surface area (Å²) in [5.41, 5.74) is -1.29. The summed E-state index contributed by atoms with van der Waals surface area (Å²) in [7, 11) is 0. The molecule has 0 aliphatic heterocycles. The highest BCUT2D eigenvalue weighted by atomic mass is 19.4. The van der Waals surface area contributed by atoms with Gasteiger partial charge in [-0.1, -0.05) is 6.07 Å². The first-order chi connectivity index (χ1) is 8.55. The quantitative estimate of drug-likeness (QED) is 0.862. The molecule has 0 unspecified atom stereocenters. The number of halogens is 6. The highest BCUT2D eigenvalue weighted by molar-refractivity contribution is 5.39. The topological polar surface area (TPSA) is 29.5 Å². The normalized spacial score (nSPS) is 14.3. The van der Waals surface area contributed by atoms with Crippen molar-refractivity contribution in [2.24, 2.45) is 0 Å². The third-order valence-corrected chi connectivity index (χ3v) is 2.30. The molecular weight excluding hydrogens is 278 g/mol. The van der Waals surface area contributed by atoms with Crippen LogP contribution in [0.5, 0.6) is 5.75 Å². The Hall–Kier alpha value is -1.44. The van der Waals surface area contributed by atoms with Gasteiger partial charge in [-0.15, -0.1) is 0 Å². The maximum Gasteiger partial charge on any atom is 0.425 e. The van der Waals surface area contributed by atoms with Crippen LogP contribution in [0.1, 0.15) is 18.1 Å². The van der Waals surface area contributed by atoms with E-state index in [0.717, 1.165) is 12.1 Å². The molecule has 0 aromatic heterocycles. The summed E-state index contributed by atoms with van der Waals surface area (Å²) in [5.74, 6) is -0.955. The molecule has 8 heteroatoms. The lowest BCUT2D eigenvalue weighted by Crippen LogP contribution is -2.31. The van der Waals surface area contributed by atoms with E-state index in [1.807, 2.05) is 0 Å². The Morgan fingerprint density at radius 1 is 1.16 bits per heavy atom. The first kappa shape index (κ1) is 15.6. The van der Waals surface area contributed by atoms with E-state index < -0.39 is 36.4 Å². The van der Waals surface area contributed by atoms with Crippen LogP contribution in [-0.2, 0) is 12.8 Å². The van der Waals surface area contributed by atoms with Gasteiger partial charge in [-0.2, -0.15) is 26.3 Å². The van der Waals surface area contributed by atoms with E-state index in [1.165, 1.54) is 0 Å². The van der Waals surface area contributed by atoms with E-state index in [2.05, 4.69) is 4.74 Å². The summed E-state index contributed by atoms with van der Waals surface area (Å²) in [6.07, 6.45) is -12.0. The summed E-state index contributed by atoms with van der Waals surface area (Å²) in [5, 5.41) is 8.79. The van der Waals surface area contributed by atoms with Gasteiger partial charge in [-0.05, 0) is 24.6 Å². The molecule has 0 heterocycles. The van der Waals surface area contributed by atoms with Gasteiger partial charge in [0.1, 0.15) is 5.75 Å². The first-order valence-corrected chi connectivity index (χ1v) is 5.10. The Morgan fingerprint density at radius 2 is 1.74 bits per heavy atom. The Bertz CT molecular complexity index is 438. The van der Waals surface area contributed by atoms with Crippen LogP contribution in [0.2, 0.25) is 0 Å². The average Bonchev–Trinajstić information content (AvgIpc) is 2.26. The molecule has 1 N–H and O–H groups in total. The summed E-state index contributed by atoms with van der Waals surface area (Å²) in [6.45, 7) is 0.000664. The molecule has 0 bridgehead atoms. The van der Waals surface area contributed by atoms with Crippen LogP contribution in [0.3, 0.4) is 0 Å². The number of alkyl halides is 6. The van der Waals surface area contributed by atoms with Gasteiger partial charge < -0.3 is 9.84 Å². The predicted octanol–water partition coefficient (Wildman–Crippen LogP) is 3.53. The minimum absolute atomic E-state index is 0.0253. The van der Waals surface area contributed by atoms with Crippen molar-refractivity contribution in [1.82, 2.24) is 0 Å². The van der Waals surface area contributed by atoms with Crippen molar-refractivity contribution in [3.63, 3.8) is 0 Å².